The molecule has 1 aromatic heterocycles. The smallest absolute Gasteiger partial charge is 0.194 e. The van der Waals surface area contributed by atoms with Gasteiger partial charge in [0.1, 0.15) is 16.9 Å². The fourth-order valence-electron chi connectivity index (χ4n) is 2.38. The van der Waals surface area contributed by atoms with Crippen LogP contribution in [0.4, 0.5) is 4.39 Å². The standard InChI is InChI=1S/C19H24FN5OS.HI/c1-5-22-19(23-10-15-7-6-14(9-21)8-17(15)20)25(3)11-16-12-27-18(24-16)13(2)26-4;/h6-8,12-13H,5,10-11H2,1-4H3,(H,22,23);1H. The molecular weight excluding hydrogens is 492 g/mol. The van der Waals surface area contributed by atoms with E-state index in [4.69, 9.17) is 10.00 Å². The number of benzene rings is 1. The van der Waals surface area contributed by atoms with E-state index < -0.39 is 5.82 Å². The maximum atomic E-state index is 14.1. The zero-order valence-electron chi connectivity index (χ0n) is 16.4. The molecule has 1 N–H and O–H groups in total. The molecule has 0 saturated heterocycles. The fraction of sp³-hybridized carbons (Fsp3) is 0.421. The zero-order valence-corrected chi connectivity index (χ0v) is 19.5. The van der Waals surface area contributed by atoms with Gasteiger partial charge in [-0.15, -0.1) is 35.3 Å². The van der Waals surface area contributed by atoms with E-state index in [-0.39, 0.29) is 36.6 Å². The molecule has 0 fully saturated rings. The van der Waals surface area contributed by atoms with Gasteiger partial charge in [-0.05, 0) is 26.0 Å². The lowest BCUT2D eigenvalue weighted by Crippen LogP contribution is -2.38. The minimum absolute atomic E-state index is 0. The second-order valence-corrected chi connectivity index (χ2v) is 6.89. The van der Waals surface area contributed by atoms with Crippen molar-refractivity contribution >= 4 is 41.3 Å². The molecular formula is C19H25FIN5OS. The first-order valence-electron chi connectivity index (χ1n) is 8.63. The van der Waals surface area contributed by atoms with Gasteiger partial charge in [0, 0.05) is 31.6 Å². The van der Waals surface area contributed by atoms with Crippen LogP contribution in [0.3, 0.4) is 0 Å². The predicted molar refractivity (Wildman–Crippen MR) is 120 cm³/mol. The van der Waals surface area contributed by atoms with Crippen molar-refractivity contribution in [2.75, 3.05) is 20.7 Å². The van der Waals surface area contributed by atoms with Crippen LogP contribution in [0.25, 0.3) is 0 Å². The molecule has 0 aliphatic rings. The Labute approximate surface area is 186 Å². The molecule has 0 aliphatic heterocycles. The molecule has 1 aromatic carbocycles. The third kappa shape index (κ3) is 6.68. The molecule has 1 heterocycles. The maximum absolute atomic E-state index is 14.1. The van der Waals surface area contributed by atoms with Gasteiger partial charge < -0.3 is 15.0 Å². The average Bonchev–Trinajstić information content (AvgIpc) is 3.13. The van der Waals surface area contributed by atoms with Crippen LogP contribution >= 0.6 is 35.3 Å². The lowest BCUT2D eigenvalue weighted by Gasteiger charge is -2.21. The summed E-state index contributed by atoms with van der Waals surface area (Å²) in [6.45, 7) is 5.40. The number of thiazole rings is 1. The number of halogens is 2. The highest BCUT2D eigenvalue weighted by Gasteiger charge is 2.13. The summed E-state index contributed by atoms with van der Waals surface area (Å²) >= 11 is 1.57. The molecule has 2 rings (SSSR count). The largest absolute Gasteiger partial charge is 0.375 e. The van der Waals surface area contributed by atoms with Crippen molar-refractivity contribution in [3.05, 3.63) is 51.2 Å². The summed E-state index contributed by atoms with van der Waals surface area (Å²) in [5.74, 6) is 0.240. The monoisotopic (exact) mass is 517 g/mol. The molecule has 1 atom stereocenters. The van der Waals surface area contributed by atoms with E-state index in [0.717, 1.165) is 10.7 Å². The Kier molecular flexibility index (Phi) is 10.3. The Morgan fingerprint density at radius 1 is 1.50 bits per heavy atom. The van der Waals surface area contributed by atoms with Crippen LogP contribution in [0.5, 0.6) is 0 Å². The SMILES string of the molecule is CCNC(=NCc1ccc(C#N)cc1F)N(C)Cc1csc(C(C)OC)n1.I. The normalized spacial score (nSPS) is 12.1. The quantitative estimate of drug-likeness (QED) is 0.341. The summed E-state index contributed by atoms with van der Waals surface area (Å²) in [4.78, 5) is 11.1. The van der Waals surface area contributed by atoms with Crippen molar-refractivity contribution in [1.82, 2.24) is 15.2 Å². The Morgan fingerprint density at radius 2 is 2.25 bits per heavy atom. The number of hydrogen-bond acceptors (Lipinski definition) is 5. The van der Waals surface area contributed by atoms with Gasteiger partial charge in [-0.2, -0.15) is 5.26 Å². The number of hydrogen-bond donors (Lipinski definition) is 1. The third-order valence-corrected chi connectivity index (χ3v) is 5.00. The number of nitrogens with one attached hydrogen (secondary N) is 1. The third-order valence-electron chi connectivity index (χ3n) is 3.95. The Bertz CT molecular complexity index is 836. The highest BCUT2D eigenvalue weighted by molar-refractivity contribution is 14.0. The van der Waals surface area contributed by atoms with Crippen LogP contribution in [0.1, 0.15) is 41.8 Å². The number of guanidine groups is 1. The first kappa shape index (κ1) is 24.3. The van der Waals surface area contributed by atoms with Gasteiger partial charge in [-0.1, -0.05) is 6.07 Å². The van der Waals surface area contributed by atoms with Gasteiger partial charge in [0.05, 0.1) is 30.4 Å². The number of aliphatic imine (C=N–C) groups is 1. The summed E-state index contributed by atoms with van der Waals surface area (Å²) in [7, 11) is 3.57. The van der Waals surface area contributed by atoms with E-state index in [1.54, 1.807) is 30.6 Å². The molecule has 28 heavy (non-hydrogen) atoms. The van der Waals surface area contributed by atoms with Gasteiger partial charge >= 0.3 is 0 Å². The van der Waals surface area contributed by atoms with Gasteiger partial charge in [0.25, 0.3) is 0 Å². The van der Waals surface area contributed by atoms with Crippen LogP contribution < -0.4 is 5.32 Å². The first-order valence-corrected chi connectivity index (χ1v) is 9.51. The fourth-order valence-corrected chi connectivity index (χ4v) is 3.22. The highest BCUT2D eigenvalue weighted by Crippen LogP contribution is 2.21. The lowest BCUT2D eigenvalue weighted by molar-refractivity contribution is 0.119. The Morgan fingerprint density at radius 3 is 2.86 bits per heavy atom. The summed E-state index contributed by atoms with van der Waals surface area (Å²) in [6, 6.07) is 6.35. The number of nitriles is 1. The Balaban J connectivity index is 0.00000392. The van der Waals surface area contributed by atoms with Crippen molar-refractivity contribution in [3.8, 4) is 6.07 Å². The minimum Gasteiger partial charge on any atom is -0.375 e. The molecule has 0 radical (unpaired) electrons. The number of rotatable bonds is 7. The first-order chi connectivity index (χ1) is 13.0. The van der Waals surface area contributed by atoms with Crippen LogP contribution in [-0.4, -0.2) is 36.5 Å². The molecule has 1 unspecified atom stereocenters. The number of methoxy groups -OCH3 is 1. The van der Waals surface area contributed by atoms with E-state index >= 15 is 0 Å². The van der Waals surface area contributed by atoms with Crippen LogP contribution in [0.2, 0.25) is 0 Å². The van der Waals surface area contributed by atoms with Crippen molar-refractivity contribution < 1.29 is 9.13 Å². The summed E-state index contributed by atoms with van der Waals surface area (Å²) in [5, 5.41) is 15.0. The molecule has 0 amide bonds. The van der Waals surface area contributed by atoms with Crippen molar-refractivity contribution in [2.45, 2.75) is 33.0 Å². The molecule has 6 nitrogen and oxygen atoms in total. The molecule has 2 aromatic rings. The van der Waals surface area contributed by atoms with E-state index in [9.17, 15) is 4.39 Å². The van der Waals surface area contributed by atoms with Gasteiger partial charge in [0.2, 0.25) is 0 Å². The molecule has 0 spiro atoms. The second kappa shape index (κ2) is 11.9. The van der Waals surface area contributed by atoms with Crippen molar-refractivity contribution in [1.29, 1.82) is 5.26 Å². The minimum atomic E-state index is -0.422. The van der Waals surface area contributed by atoms with E-state index in [2.05, 4.69) is 15.3 Å². The topological polar surface area (TPSA) is 73.5 Å². The molecule has 0 saturated carbocycles. The lowest BCUT2D eigenvalue weighted by atomic mass is 10.1. The molecule has 0 bridgehead atoms. The molecule has 9 heteroatoms. The highest BCUT2D eigenvalue weighted by atomic mass is 127. The van der Waals surface area contributed by atoms with Gasteiger partial charge in [-0.3, -0.25) is 0 Å². The van der Waals surface area contributed by atoms with E-state index in [1.165, 1.54) is 6.07 Å². The predicted octanol–water partition coefficient (Wildman–Crippen LogP) is 4.08. The number of ether oxygens (including phenoxy) is 1. The molecule has 0 aliphatic carbocycles. The van der Waals surface area contributed by atoms with Crippen LogP contribution in [0, 0.1) is 17.1 Å². The molecule has 152 valence electrons. The average molecular weight is 517 g/mol. The summed E-state index contributed by atoms with van der Waals surface area (Å²) < 4.78 is 19.4. The van der Waals surface area contributed by atoms with E-state index in [0.29, 0.717) is 30.2 Å². The van der Waals surface area contributed by atoms with Crippen LogP contribution in [-0.2, 0) is 17.8 Å². The van der Waals surface area contributed by atoms with Crippen LogP contribution in [0.15, 0.2) is 28.6 Å². The van der Waals surface area contributed by atoms with Crippen molar-refractivity contribution in [3.63, 3.8) is 0 Å². The van der Waals surface area contributed by atoms with Crippen molar-refractivity contribution in [2.24, 2.45) is 4.99 Å². The zero-order chi connectivity index (χ0) is 19.8. The summed E-state index contributed by atoms with van der Waals surface area (Å²) in [6.07, 6.45) is -0.0321. The number of aromatic nitrogens is 1. The maximum Gasteiger partial charge on any atom is 0.194 e. The van der Waals surface area contributed by atoms with E-state index in [1.807, 2.05) is 37.2 Å². The Hall–Kier alpha value is -1.77. The van der Waals surface area contributed by atoms with Gasteiger partial charge in [0.15, 0.2) is 5.96 Å². The van der Waals surface area contributed by atoms with Gasteiger partial charge in [-0.25, -0.2) is 14.4 Å². The second-order valence-electron chi connectivity index (χ2n) is 6.00. The number of nitrogens with zero attached hydrogens (tertiary/aromatic N) is 4. The summed E-state index contributed by atoms with van der Waals surface area (Å²) in [5.41, 5.74) is 1.67.